The summed E-state index contributed by atoms with van der Waals surface area (Å²) in [5.74, 6) is 0. The first-order chi connectivity index (χ1) is 6.92. The molecular weight excluding hydrogens is 172 g/mol. The van der Waals surface area contributed by atoms with E-state index < -0.39 is 0 Å². The minimum Gasteiger partial charge on any atom is -0.371 e. The summed E-state index contributed by atoms with van der Waals surface area (Å²) in [6.45, 7) is 3.49. The molecule has 1 aliphatic rings. The fraction of sp³-hybridized carbons (Fsp3) is 0.500. The van der Waals surface area contributed by atoms with E-state index >= 15 is 0 Å². The quantitative estimate of drug-likeness (QED) is 0.726. The maximum absolute atomic E-state index is 3.19. The molecule has 2 nitrogen and oxygen atoms in total. The molecule has 1 N–H and O–H groups in total. The third-order valence-electron chi connectivity index (χ3n) is 2.84. The maximum atomic E-state index is 3.19. The minimum absolute atomic E-state index is 1.11. The molecule has 0 bridgehead atoms. The highest BCUT2D eigenvalue weighted by Crippen LogP contribution is 2.26. The van der Waals surface area contributed by atoms with Gasteiger partial charge in [0.25, 0.3) is 0 Å². The average Bonchev–Trinajstić information content (AvgIpc) is 2.63. The molecule has 1 aromatic rings. The molecule has 0 aliphatic carbocycles. The SMILES string of the molecule is CNCCCN1CCc2ccccc21. The Morgan fingerprint density at radius 3 is 3.07 bits per heavy atom. The van der Waals surface area contributed by atoms with E-state index in [2.05, 4.69) is 34.5 Å². The summed E-state index contributed by atoms with van der Waals surface area (Å²) in [5.41, 5.74) is 2.96. The molecule has 1 aromatic carbocycles. The van der Waals surface area contributed by atoms with Gasteiger partial charge in [0.2, 0.25) is 0 Å². The molecule has 0 saturated heterocycles. The van der Waals surface area contributed by atoms with Crippen LogP contribution in [0.15, 0.2) is 24.3 Å². The Morgan fingerprint density at radius 1 is 1.36 bits per heavy atom. The van der Waals surface area contributed by atoms with Crippen LogP contribution in [-0.4, -0.2) is 26.7 Å². The van der Waals surface area contributed by atoms with Gasteiger partial charge in [0.1, 0.15) is 0 Å². The third-order valence-corrected chi connectivity index (χ3v) is 2.84. The van der Waals surface area contributed by atoms with Crippen molar-refractivity contribution in [2.75, 3.05) is 31.6 Å². The topological polar surface area (TPSA) is 15.3 Å². The van der Waals surface area contributed by atoms with Gasteiger partial charge < -0.3 is 10.2 Å². The highest BCUT2D eigenvalue weighted by atomic mass is 15.1. The van der Waals surface area contributed by atoms with Crippen molar-refractivity contribution in [3.05, 3.63) is 29.8 Å². The summed E-state index contributed by atoms with van der Waals surface area (Å²) >= 11 is 0. The summed E-state index contributed by atoms with van der Waals surface area (Å²) in [6.07, 6.45) is 2.45. The highest BCUT2D eigenvalue weighted by Gasteiger charge is 2.16. The molecule has 0 amide bonds. The number of rotatable bonds is 4. The van der Waals surface area contributed by atoms with E-state index in [9.17, 15) is 0 Å². The minimum atomic E-state index is 1.11. The highest BCUT2D eigenvalue weighted by molar-refractivity contribution is 5.57. The van der Waals surface area contributed by atoms with E-state index in [0.29, 0.717) is 0 Å². The summed E-state index contributed by atoms with van der Waals surface area (Å²) in [6, 6.07) is 8.75. The van der Waals surface area contributed by atoms with E-state index in [1.54, 1.807) is 0 Å². The lowest BCUT2D eigenvalue weighted by molar-refractivity contribution is 0.696. The smallest absolute Gasteiger partial charge is 0.0399 e. The number of hydrogen-bond donors (Lipinski definition) is 1. The second-order valence-electron chi connectivity index (χ2n) is 3.82. The van der Waals surface area contributed by atoms with Crippen molar-refractivity contribution in [2.24, 2.45) is 0 Å². The molecular formula is C12H18N2. The Balaban J connectivity index is 1.96. The van der Waals surface area contributed by atoms with Gasteiger partial charge in [-0.15, -0.1) is 0 Å². The number of para-hydroxylation sites is 1. The summed E-state index contributed by atoms with van der Waals surface area (Å²) in [5, 5.41) is 3.19. The van der Waals surface area contributed by atoms with Crippen molar-refractivity contribution in [1.82, 2.24) is 5.32 Å². The van der Waals surface area contributed by atoms with E-state index in [-0.39, 0.29) is 0 Å². The van der Waals surface area contributed by atoms with Crippen LogP contribution in [0.2, 0.25) is 0 Å². The van der Waals surface area contributed by atoms with Crippen molar-refractivity contribution in [1.29, 1.82) is 0 Å². The molecule has 76 valence electrons. The molecule has 0 atom stereocenters. The van der Waals surface area contributed by atoms with Gasteiger partial charge in [0.15, 0.2) is 0 Å². The van der Waals surface area contributed by atoms with E-state index in [1.807, 2.05) is 7.05 Å². The Bertz CT molecular complexity index is 296. The van der Waals surface area contributed by atoms with Crippen LogP contribution in [0.3, 0.4) is 0 Å². The lowest BCUT2D eigenvalue weighted by Crippen LogP contribution is -2.24. The molecule has 14 heavy (non-hydrogen) atoms. The first kappa shape index (κ1) is 9.53. The van der Waals surface area contributed by atoms with Crippen LogP contribution in [0, 0.1) is 0 Å². The van der Waals surface area contributed by atoms with Gasteiger partial charge in [-0.2, -0.15) is 0 Å². The van der Waals surface area contributed by atoms with Crippen LogP contribution in [-0.2, 0) is 6.42 Å². The Kier molecular flexibility index (Phi) is 3.04. The second kappa shape index (κ2) is 4.47. The molecule has 1 heterocycles. The van der Waals surface area contributed by atoms with Crippen LogP contribution in [0.4, 0.5) is 5.69 Å². The van der Waals surface area contributed by atoms with Gasteiger partial charge in [-0.25, -0.2) is 0 Å². The molecule has 0 spiro atoms. The lowest BCUT2D eigenvalue weighted by Gasteiger charge is -2.18. The maximum Gasteiger partial charge on any atom is 0.0399 e. The van der Waals surface area contributed by atoms with Gasteiger partial charge in [-0.3, -0.25) is 0 Å². The van der Waals surface area contributed by atoms with Crippen LogP contribution < -0.4 is 10.2 Å². The number of fused-ring (bicyclic) bond motifs is 1. The monoisotopic (exact) mass is 190 g/mol. The fourth-order valence-corrected chi connectivity index (χ4v) is 2.09. The van der Waals surface area contributed by atoms with E-state index in [4.69, 9.17) is 0 Å². The summed E-state index contributed by atoms with van der Waals surface area (Å²) in [7, 11) is 2.01. The lowest BCUT2D eigenvalue weighted by atomic mass is 10.2. The van der Waals surface area contributed by atoms with Crippen LogP contribution in [0.25, 0.3) is 0 Å². The number of nitrogens with one attached hydrogen (secondary N) is 1. The van der Waals surface area contributed by atoms with Crippen molar-refractivity contribution < 1.29 is 0 Å². The first-order valence-corrected chi connectivity index (χ1v) is 5.39. The number of anilines is 1. The Hall–Kier alpha value is -1.02. The standard InChI is InChI=1S/C12H18N2/c1-13-8-4-9-14-10-7-11-5-2-3-6-12(11)14/h2-3,5-6,13H,4,7-10H2,1H3. The van der Waals surface area contributed by atoms with Crippen molar-refractivity contribution in [3.63, 3.8) is 0 Å². The Morgan fingerprint density at radius 2 is 2.21 bits per heavy atom. The summed E-state index contributed by atoms with van der Waals surface area (Å²) in [4.78, 5) is 2.49. The van der Waals surface area contributed by atoms with Crippen molar-refractivity contribution in [3.8, 4) is 0 Å². The number of nitrogens with zero attached hydrogens (tertiary/aromatic N) is 1. The van der Waals surface area contributed by atoms with Crippen LogP contribution >= 0.6 is 0 Å². The Labute approximate surface area is 85.9 Å². The molecule has 0 radical (unpaired) electrons. The van der Waals surface area contributed by atoms with Gasteiger partial charge >= 0.3 is 0 Å². The first-order valence-electron chi connectivity index (χ1n) is 5.39. The van der Waals surface area contributed by atoms with Gasteiger partial charge in [-0.1, -0.05) is 18.2 Å². The summed E-state index contributed by atoms with van der Waals surface area (Å²) < 4.78 is 0. The van der Waals surface area contributed by atoms with Crippen molar-refractivity contribution >= 4 is 5.69 Å². The van der Waals surface area contributed by atoms with Gasteiger partial charge in [0, 0.05) is 18.8 Å². The molecule has 0 aromatic heterocycles. The zero-order valence-electron chi connectivity index (χ0n) is 8.79. The molecule has 0 saturated carbocycles. The molecule has 1 aliphatic heterocycles. The normalized spacial score (nSPS) is 14.5. The molecule has 2 rings (SSSR count). The molecule has 0 unspecified atom stereocenters. The second-order valence-corrected chi connectivity index (χ2v) is 3.82. The zero-order chi connectivity index (χ0) is 9.80. The number of hydrogen-bond acceptors (Lipinski definition) is 2. The van der Waals surface area contributed by atoms with Gasteiger partial charge in [0.05, 0.1) is 0 Å². The van der Waals surface area contributed by atoms with Gasteiger partial charge in [-0.05, 0) is 38.1 Å². The fourth-order valence-electron chi connectivity index (χ4n) is 2.09. The predicted molar refractivity (Wildman–Crippen MR) is 60.9 cm³/mol. The average molecular weight is 190 g/mol. The molecule has 0 fully saturated rings. The largest absolute Gasteiger partial charge is 0.371 e. The predicted octanol–water partition coefficient (Wildman–Crippen LogP) is 1.66. The van der Waals surface area contributed by atoms with Crippen LogP contribution in [0.5, 0.6) is 0 Å². The van der Waals surface area contributed by atoms with E-state index in [1.165, 1.54) is 37.2 Å². The zero-order valence-corrected chi connectivity index (χ0v) is 8.79. The third kappa shape index (κ3) is 1.90. The van der Waals surface area contributed by atoms with E-state index in [0.717, 1.165) is 6.54 Å². The van der Waals surface area contributed by atoms with Crippen LogP contribution in [0.1, 0.15) is 12.0 Å². The van der Waals surface area contributed by atoms with Crippen molar-refractivity contribution in [2.45, 2.75) is 12.8 Å². The molecule has 2 heteroatoms. The number of benzene rings is 1.